The molecule has 56 heavy (non-hydrogen) atoms. The molecule has 1 nitrogen and oxygen atoms in total. The van der Waals surface area contributed by atoms with Gasteiger partial charge >= 0.3 is 0 Å². The molecule has 9 aromatic rings. The molecule has 1 heterocycles. The number of hydrogen-bond acceptors (Lipinski definition) is 1. The number of rotatable bonds is 3. The SMILES string of the molecule is [B]c1c([B])c([B])c2c(-c3cccc4c3-c3ccccc3C4(C)C)c3c([B])c([B])c([B])c([B])c3c(-c3ccc(-c4ccc5oc6ccccc6c5c4)cc3)c2c1[B]. The van der Waals surface area contributed by atoms with Crippen molar-refractivity contribution in [1.82, 2.24) is 0 Å². The number of furan rings is 1. The van der Waals surface area contributed by atoms with Crippen molar-refractivity contribution in [3.8, 4) is 44.5 Å². The Balaban J connectivity index is 1.32. The minimum atomic E-state index is -0.285. The monoisotopic (exact) mass is 692 g/mol. The fraction of sp³-hybridized carbons (Fsp3) is 0.0638. The molecule has 10 rings (SSSR count). The van der Waals surface area contributed by atoms with Gasteiger partial charge < -0.3 is 4.42 Å². The lowest BCUT2D eigenvalue weighted by Gasteiger charge is -2.29. The second-order valence-electron chi connectivity index (χ2n) is 15.3. The molecule has 0 N–H and O–H groups in total. The van der Waals surface area contributed by atoms with Crippen molar-refractivity contribution in [2.24, 2.45) is 0 Å². The Hall–Kier alpha value is -5.40. The molecule has 0 bridgehead atoms. The number of hydrogen-bond donors (Lipinski definition) is 0. The zero-order valence-electron chi connectivity index (χ0n) is 30.9. The van der Waals surface area contributed by atoms with Gasteiger partial charge in [0.05, 0.1) is 0 Å². The molecule has 0 fully saturated rings. The first-order valence-corrected chi connectivity index (χ1v) is 18.4. The Bertz CT molecular complexity index is 3110. The summed E-state index contributed by atoms with van der Waals surface area (Å²) in [5.41, 5.74) is 12.8. The van der Waals surface area contributed by atoms with E-state index in [0.717, 1.165) is 60.9 Å². The molecule has 9 heteroatoms. The highest BCUT2D eigenvalue weighted by molar-refractivity contribution is 6.71. The summed E-state index contributed by atoms with van der Waals surface area (Å²) < 4.78 is 6.09. The summed E-state index contributed by atoms with van der Waals surface area (Å²) in [6.45, 7) is 4.46. The highest BCUT2D eigenvalue weighted by Gasteiger charge is 2.37. The second-order valence-corrected chi connectivity index (χ2v) is 15.3. The lowest BCUT2D eigenvalue weighted by molar-refractivity contribution is 0.660. The minimum absolute atomic E-state index is 0.179. The van der Waals surface area contributed by atoms with Crippen LogP contribution in [-0.2, 0) is 5.41 Å². The van der Waals surface area contributed by atoms with E-state index in [1.807, 2.05) is 36.4 Å². The summed E-state index contributed by atoms with van der Waals surface area (Å²) in [5, 5.41) is 4.49. The van der Waals surface area contributed by atoms with E-state index in [9.17, 15) is 0 Å². The standard InChI is InChI=1S/C47H24B8O/c1-47(2)28-11-5-3-9-25(28)33-26(10-7-12-29(33)47)34-37-35(39(48)43(52)45(54)41(37)50)32(36-38(34)42(51)46(55)44(53)40(36)49)22-16-14-21(15-17-22)23-18-19-31-27(20-23)24-8-4-6-13-30(24)56-31/h3-20H,1-2H3. The van der Waals surface area contributed by atoms with Crippen LogP contribution in [0.15, 0.2) is 114 Å². The summed E-state index contributed by atoms with van der Waals surface area (Å²) in [7, 11) is 55.1. The highest BCUT2D eigenvalue weighted by atomic mass is 16.3. The lowest BCUT2D eigenvalue weighted by Crippen LogP contribution is -2.50. The molecule has 0 unspecified atom stereocenters. The lowest BCUT2D eigenvalue weighted by atomic mass is 9.59. The number of para-hydroxylation sites is 1. The van der Waals surface area contributed by atoms with Crippen LogP contribution in [0.4, 0.5) is 0 Å². The van der Waals surface area contributed by atoms with Crippen LogP contribution in [0, 0.1) is 0 Å². The van der Waals surface area contributed by atoms with E-state index in [-0.39, 0.29) is 49.1 Å². The predicted octanol–water partition coefficient (Wildman–Crippen LogP) is 3.55. The summed E-state index contributed by atoms with van der Waals surface area (Å²) >= 11 is 0. The summed E-state index contributed by atoms with van der Waals surface area (Å²) in [6, 6.07) is 37.2. The van der Waals surface area contributed by atoms with Gasteiger partial charge in [-0.05, 0) is 95.4 Å². The second kappa shape index (κ2) is 12.3. The van der Waals surface area contributed by atoms with Crippen molar-refractivity contribution in [1.29, 1.82) is 0 Å². The van der Waals surface area contributed by atoms with Crippen molar-refractivity contribution in [2.75, 3.05) is 0 Å². The van der Waals surface area contributed by atoms with Gasteiger partial charge in [0.2, 0.25) is 0 Å². The number of fused-ring (bicyclic) bond motifs is 8. The molecular weight excluding hydrogens is 667 g/mol. The van der Waals surface area contributed by atoms with Gasteiger partial charge in [-0.25, -0.2) is 0 Å². The fourth-order valence-electron chi connectivity index (χ4n) is 9.20. The molecular formula is C47H24B8O. The third-order valence-corrected chi connectivity index (χ3v) is 12.1. The van der Waals surface area contributed by atoms with Crippen LogP contribution in [0.3, 0.4) is 0 Å². The van der Waals surface area contributed by atoms with E-state index < -0.39 is 0 Å². The van der Waals surface area contributed by atoms with Crippen LogP contribution >= 0.6 is 0 Å². The first-order valence-electron chi connectivity index (χ1n) is 18.4. The Morgan fingerprint density at radius 1 is 0.375 bits per heavy atom. The molecule has 0 aliphatic heterocycles. The maximum atomic E-state index is 7.09. The molecule has 8 aromatic carbocycles. The third-order valence-electron chi connectivity index (χ3n) is 12.1. The van der Waals surface area contributed by atoms with E-state index >= 15 is 0 Å². The zero-order chi connectivity index (χ0) is 38.9. The first-order chi connectivity index (χ1) is 26.9. The molecule has 1 aliphatic rings. The predicted molar refractivity (Wildman–Crippen MR) is 246 cm³/mol. The topological polar surface area (TPSA) is 13.1 Å². The highest BCUT2D eigenvalue weighted by Crippen LogP contribution is 2.53. The molecule has 242 valence electrons. The van der Waals surface area contributed by atoms with Gasteiger partial charge in [0, 0.05) is 16.2 Å². The maximum absolute atomic E-state index is 7.09. The van der Waals surface area contributed by atoms with Crippen molar-refractivity contribution >= 4 is 150 Å². The van der Waals surface area contributed by atoms with E-state index in [2.05, 4.69) is 86.6 Å². The van der Waals surface area contributed by atoms with Crippen molar-refractivity contribution < 1.29 is 4.42 Å². The fourth-order valence-corrected chi connectivity index (χ4v) is 9.20. The van der Waals surface area contributed by atoms with Gasteiger partial charge in [0.25, 0.3) is 0 Å². The molecule has 1 aromatic heterocycles. The van der Waals surface area contributed by atoms with Gasteiger partial charge in [0.1, 0.15) is 73.9 Å². The van der Waals surface area contributed by atoms with Gasteiger partial charge in [-0.15, -0.1) is 21.9 Å². The smallest absolute Gasteiger partial charge is 0.135 e. The zero-order valence-corrected chi connectivity index (χ0v) is 30.9. The van der Waals surface area contributed by atoms with Crippen LogP contribution in [0.5, 0.6) is 0 Å². The van der Waals surface area contributed by atoms with Crippen molar-refractivity contribution in [2.45, 2.75) is 19.3 Å². The first kappa shape index (κ1) is 35.0. The van der Waals surface area contributed by atoms with E-state index in [1.165, 1.54) is 5.56 Å². The summed E-state index contributed by atoms with van der Waals surface area (Å²) in [6.07, 6.45) is 0. The third kappa shape index (κ3) is 4.67. The Kier molecular flexibility index (Phi) is 7.70. The molecule has 0 amide bonds. The molecule has 0 spiro atoms. The van der Waals surface area contributed by atoms with Crippen LogP contribution in [0.25, 0.3) is 88.0 Å². The van der Waals surface area contributed by atoms with Crippen LogP contribution in [0.1, 0.15) is 25.0 Å². The quantitative estimate of drug-likeness (QED) is 0.204. The average molecular weight is 691 g/mol. The van der Waals surface area contributed by atoms with E-state index in [4.69, 9.17) is 67.2 Å². The number of benzene rings is 8. The van der Waals surface area contributed by atoms with Crippen LogP contribution in [-0.4, -0.2) is 62.8 Å². The van der Waals surface area contributed by atoms with Gasteiger partial charge in [0.15, 0.2) is 0 Å². The normalized spacial score (nSPS) is 13.2. The average Bonchev–Trinajstić information content (AvgIpc) is 3.71. The molecule has 0 saturated carbocycles. The molecule has 16 radical (unpaired) electrons. The van der Waals surface area contributed by atoms with Gasteiger partial charge in [-0.2, -0.15) is 0 Å². The van der Waals surface area contributed by atoms with Crippen molar-refractivity contribution in [3.05, 3.63) is 120 Å². The Morgan fingerprint density at radius 3 is 1.50 bits per heavy atom. The molecule has 0 saturated heterocycles. The minimum Gasteiger partial charge on any atom is -0.456 e. The maximum Gasteiger partial charge on any atom is 0.135 e. The van der Waals surface area contributed by atoms with Crippen LogP contribution in [0.2, 0.25) is 0 Å². The van der Waals surface area contributed by atoms with Gasteiger partial charge in [-0.3, -0.25) is 0 Å². The van der Waals surface area contributed by atoms with E-state index in [1.54, 1.807) is 0 Å². The Morgan fingerprint density at radius 2 is 0.857 bits per heavy atom. The summed E-state index contributed by atoms with van der Waals surface area (Å²) in [4.78, 5) is 0. The van der Waals surface area contributed by atoms with E-state index in [0.29, 0.717) is 32.7 Å². The largest absolute Gasteiger partial charge is 0.456 e. The van der Waals surface area contributed by atoms with Gasteiger partial charge in [-0.1, -0.05) is 127 Å². The summed E-state index contributed by atoms with van der Waals surface area (Å²) in [5.74, 6) is 0. The van der Waals surface area contributed by atoms with Crippen molar-refractivity contribution in [3.63, 3.8) is 0 Å². The van der Waals surface area contributed by atoms with Crippen LogP contribution < -0.4 is 43.7 Å². The molecule has 1 aliphatic carbocycles. The Labute approximate surface area is 336 Å². The molecule has 0 atom stereocenters.